The van der Waals surface area contributed by atoms with Crippen LogP contribution in [0.5, 0.6) is 0 Å². The summed E-state index contributed by atoms with van der Waals surface area (Å²) in [5.41, 5.74) is 3.68. The van der Waals surface area contributed by atoms with Crippen LogP contribution < -0.4 is 0 Å². The van der Waals surface area contributed by atoms with Gasteiger partial charge in [-0.3, -0.25) is 0 Å². The van der Waals surface area contributed by atoms with Crippen LogP contribution in [-0.4, -0.2) is 33.4 Å². The minimum absolute atomic E-state index is 0.0136. The molecule has 0 spiro atoms. The van der Waals surface area contributed by atoms with E-state index in [1.165, 1.54) is 0 Å². The van der Waals surface area contributed by atoms with Gasteiger partial charge in [0, 0.05) is 23.6 Å². The highest BCUT2D eigenvalue weighted by Gasteiger charge is 2.23. The SMILES string of the molecule is CCC(Cc1nncc2[nH]cnc12)C(Cc1ccc(Cl)cc1Cl)OC. The van der Waals surface area contributed by atoms with Gasteiger partial charge in [0.2, 0.25) is 0 Å². The maximum Gasteiger partial charge on any atom is 0.113 e. The maximum atomic E-state index is 6.33. The summed E-state index contributed by atoms with van der Waals surface area (Å²) >= 11 is 12.3. The Morgan fingerprint density at radius 1 is 1.24 bits per heavy atom. The molecule has 2 atom stereocenters. The van der Waals surface area contributed by atoms with Gasteiger partial charge in [-0.15, -0.1) is 0 Å². The quantitative estimate of drug-likeness (QED) is 0.657. The van der Waals surface area contributed by atoms with Gasteiger partial charge < -0.3 is 9.72 Å². The summed E-state index contributed by atoms with van der Waals surface area (Å²) in [4.78, 5) is 7.44. The number of H-pyrrole nitrogens is 1. The normalized spacial score (nSPS) is 13.9. The van der Waals surface area contributed by atoms with Crippen molar-refractivity contribution in [2.45, 2.75) is 32.3 Å². The summed E-state index contributed by atoms with van der Waals surface area (Å²) in [5.74, 6) is 0.272. The van der Waals surface area contributed by atoms with E-state index in [1.807, 2.05) is 12.1 Å². The monoisotopic (exact) mass is 378 g/mol. The van der Waals surface area contributed by atoms with Crippen molar-refractivity contribution < 1.29 is 4.74 Å². The molecule has 0 aliphatic rings. The molecule has 1 aromatic carbocycles. The number of benzene rings is 1. The van der Waals surface area contributed by atoms with Crippen molar-refractivity contribution in [2.75, 3.05) is 7.11 Å². The first-order valence-electron chi connectivity index (χ1n) is 8.22. The van der Waals surface area contributed by atoms with Crippen molar-refractivity contribution in [1.29, 1.82) is 0 Å². The molecule has 0 radical (unpaired) electrons. The number of fused-ring (bicyclic) bond motifs is 1. The van der Waals surface area contributed by atoms with Crippen molar-refractivity contribution in [3.05, 3.63) is 52.0 Å². The molecule has 0 aliphatic heterocycles. The lowest BCUT2D eigenvalue weighted by atomic mass is 9.89. The van der Waals surface area contributed by atoms with Crippen LogP contribution in [0, 0.1) is 5.92 Å². The molecule has 0 saturated carbocycles. The van der Waals surface area contributed by atoms with E-state index < -0.39 is 0 Å². The molecule has 2 unspecified atom stereocenters. The molecular formula is C18H20Cl2N4O. The Bertz CT molecular complexity index is 852. The molecule has 7 heteroatoms. The molecule has 0 aliphatic carbocycles. The van der Waals surface area contributed by atoms with Gasteiger partial charge in [-0.1, -0.05) is 42.6 Å². The van der Waals surface area contributed by atoms with E-state index >= 15 is 0 Å². The second-order valence-electron chi connectivity index (χ2n) is 6.04. The highest BCUT2D eigenvalue weighted by Crippen LogP contribution is 2.27. The molecule has 2 aromatic heterocycles. The standard InChI is InChI=1S/C18H20Cl2N4O/c1-3-11(6-15-18-16(9-23-24-15)21-10-22-18)17(25-2)7-12-4-5-13(19)8-14(12)20/h4-5,8-11,17H,3,6-7H2,1-2H3,(H,21,22). The van der Waals surface area contributed by atoms with E-state index in [2.05, 4.69) is 27.1 Å². The minimum Gasteiger partial charge on any atom is -0.381 e. The molecule has 3 rings (SSSR count). The Labute approximate surface area is 156 Å². The highest BCUT2D eigenvalue weighted by atomic mass is 35.5. The van der Waals surface area contributed by atoms with Crippen molar-refractivity contribution in [3.8, 4) is 0 Å². The molecule has 0 amide bonds. The lowest BCUT2D eigenvalue weighted by Crippen LogP contribution is -2.27. The zero-order chi connectivity index (χ0) is 17.8. The van der Waals surface area contributed by atoms with Gasteiger partial charge >= 0.3 is 0 Å². The molecule has 5 nitrogen and oxygen atoms in total. The Hall–Kier alpha value is -1.69. The molecule has 25 heavy (non-hydrogen) atoms. The zero-order valence-corrected chi connectivity index (χ0v) is 15.7. The Morgan fingerprint density at radius 2 is 2.08 bits per heavy atom. The van der Waals surface area contributed by atoms with Crippen LogP contribution in [0.25, 0.3) is 11.0 Å². The predicted octanol–water partition coefficient (Wildman–Crippen LogP) is 4.49. The number of halogens is 2. The number of nitrogens with zero attached hydrogens (tertiary/aromatic N) is 3. The van der Waals surface area contributed by atoms with Crippen LogP contribution in [0.3, 0.4) is 0 Å². The minimum atomic E-state index is 0.0136. The summed E-state index contributed by atoms with van der Waals surface area (Å²) in [6.45, 7) is 2.15. The van der Waals surface area contributed by atoms with Gasteiger partial charge in [0.15, 0.2) is 0 Å². The van der Waals surface area contributed by atoms with Crippen LogP contribution >= 0.6 is 23.2 Å². The Balaban J connectivity index is 1.81. The summed E-state index contributed by atoms with van der Waals surface area (Å²) in [6, 6.07) is 5.58. The molecule has 2 heterocycles. The summed E-state index contributed by atoms with van der Waals surface area (Å²) in [7, 11) is 1.73. The fourth-order valence-corrected chi connectivity index (χ4v) is 3.59. The highest BCUT2D eigenvalue weighted by molar-refractivity contribution is 6.35. The third kappa shape index (κ3) is 4.11. The number of aromatic nitrogens is 4. The number of aromatic amines is 1. The molecule has 3 aromatic rings. The topological polar surface area (TPSA) is 63.7 Å². The molecular weight excluding hydrogens is 359 g/mol. The summed E-state index contributed by atoms with van der Waals surface area (Å²) in [6.07, 6.45) is 5.78. The number of rotatable bonds is 7. The molecule has 132 valence electrons. The maximum absolute atomic E-state index is 6.33. The van der Waals surface area contributed by atoms with E-state index in [1.54, 1.807) is 25.7 Å². The van der Waals surface area contributed by atoms with E-state index in [-0.39, 0.29) is 12.0 Å². The average molecular weight is 379 g/mol. The predicted molar refractivity (Wildman–Crippen MR) is 100 cm³/mol. The average Bonchev–Trinajstić information content (AvgIpc) is 3.09. The lowest BCUT2D eigenvalue weighted by molar-refractivity contribution is 0.0502. The molecule has 0 fully saturated rings. The van der Waals surface area contributed by atoms with Crippen molar-refractivity contribution in [2.24, 2.45) is 5.92 Å². The zero-order valence-electron chi connectivity index (χ0n) is 14.2. The van der Waals surface area contributed by atoms with E-state index in [4.69, 9.17) is 27.9 Å². The smallest absolute Gasteiger partial charge is 0.113 e. The van der Waals surface area contributed by atoms with Crippen LogP contribution in [0.2, 0.25) is 10.0 Å². The van der Waals surface area contributed by atoms with Gasteiger partial charge in [0.05, 0.1) is 29.8 Å². The fourth-order valence-electron chi connectivity index (χ4n) is 3.11. The van der Waals surface area contributed by atoms with Gasteiger partial charge in [0.25, 0.3) is 0 Å². The van der Waals surface area contributed by atoms with Gasteiger partial charge in [-0.2, -0.15) is 10.2 Å². The van der Waals surface area contributed by atoms with Crippen molar-refractivity contribution in [1.82, 2.24) is 20.2 Å². The van der Waals surface area contributed by atoms with E-state index in [0.29, 0.717) is 10.0 Å². The van der Waals surface area contributed by atoms with Crippen LogP contribution in [0.1, 0.15) is 24.6 Å². The molecule has 0 saturated heterocycles. The van der Waals surface area contributed by atoms with Crippen LogP contribution in [-0.2, 0) is 17.6 Å². The molecule has 0 bridgehead atoms. The van der Waals surface area contributed by atoms with Gasteiger partial charge in [-0.05, 0) is 30.0 Å². The Kier molecular flexibility index (Phi) is 5.89. The van der Waals surface area contributed by atoms with Crippen molar-refractivity contribution in [3.63, 3.8) is 0 Å². The summed E-state index contributed by atoms with van der Waals surface area (Å²) in [5, 5.41) is 9.66. The number of imidazole rings is 1. The van der Waals surface area contributed by atoms with E-state index in [0.717, 1.165) is 41.6 Å². The van der Waals surface area contributed by atoms with Crippen LogP contribution in [0.4, 0.5) is 0 Å². The van der Waals surface area contributed by atoms with Crippen LogP contribution in [0.15, 0.2) is 30.7 Å². The van der Waals surface area contributed by atoms with Crippen molar-refractivity contribution >= 4 is 34.2 Å². The lowest BCUT2D eigenvalue weighted by Gasteiger charge is -2.25. The first-order chi connectivity index (χ1) is 12.1. The van der Waals surface area contributed by atoms with E-state index in [9.17, 15) is 0 Å². The summed E-state index contributed by atoms with van der Waals surface area (Å²) < 4.78 is 5.79. The number of ether oxygens (including phenoxy) is 1. The molecule has 1 N–H and O–H groups in total. The van der Waals surface area contributed by atoms with Gasteiger partial charge in [-0.25, -0.2) is 4.98 Å². The first kappa shape index (κ1) is 18.1. The number of hydrogen-bond acceptors (Lipinski definition) is 4. The first-order valence-corrected chi connectivity index (χ1v) is 8.98. The number of nitrogens with one attached hydrogen (secondary N) is 1. The third-order valence-electron chi connectivity index (χ3n) is 4.55. The number of methoxy groups -OCH3 is 1. The third-order valence-corrected chi connectivity index (χ3v) is 5.14. The second kappa shape index (κ2) is 8.13. The fraction of sp³-hybridized carbons (Fsp3) is 0.389. The number of hydrogen-bond donors (Lipinski definition) is 1. The Morgan fingerprint density at radius 3 is 2.80 bits per heavy atom. The van der Waals surface area contributed by atoms with Gasteiger partial charge in [0.1, 0.15) is 5.52 Å². The largest absolute Gasteiger partial charge is 0.381 e. The second-order valence-corrected chi connectivity index (χ2v) is 6.89.